The van der Waals surface area contributed by atoms with Gasteiger partial charge in [0.25, 0.3) is 0 Å². The fraction of sp³-hybridized carbons (Fsp3) is 0.455. The molecule has 78 valence electrons. The second-order valence-corrected chi connectivity index (χ2v) is 4.17. The van der Waals surface area contributed by atoms with Gasteiger partial charge in [-0.3, -0.25) is 0 Å². The molecule has 0 unspecified atom stereocenters. The van der Waals surface area contributed by atoms with Crippen LogP contribution in [0.2, 0.25) is 0 Å². The number of aromatic nitrogens is 3. The molecule has 4 heteroatoms. The highest BCUT2D eigenvalue weighted by molar-refractivity contribution is 5.61. The Hall–Kier alpha value is -1.58. The van der Waals surface area contributed by atoms with E-state index < -0.39 is 0 Å². The molecule has 0 spiro atoms. The van der Waals surface area contributed by atoms with E-state index in [-0.39, 0.29) is 0 Å². The lowest BCUT2D eigenvalue weighted by Gasteiger charge is -2.10. The third-order valence-corrected chi connectivity index (χ3v) is 2.88. The SMILES string of the molecule is CC(C)c1cn2ncnc2c2c1CCO2. The second kappa shape index (κ2) is 2.95. The van der Waals surface area contributed by atoms with Gasteiger partial charge in [0.2, 0.25) is 0 Å². The lowest BCUT2D eigenvalue weighted by Crippen LogP contribution is -1.99. The second-order valence-electron chi connectivity index (χ2n) is 4.17. The van der Waals surface area contributed by atoms with Gasteiger partial charge in [-0.05, 0) is 11.5 Å². The van der Waals surface area contributed by atoms with Crippen molar-refractivity contribution in [1.82, 2.24) is 14.6 Å². The van der Waals surface area contributed by atoms with Crippen LogP contribution in [0.1, 0.15) is 30.9 Å². The monoisotopic (exact) mass is 203 g/mol. The molecular weight excluding hydrogens is 190 g/mol. The summed E-state index contributed by atoms with van der Waals surface area (Å²) in [5, 5.41) is 4.16. The number of hydrogen-bond donors (Lipinski definition) is 0. The summed E-state index contributed by atoms with van der Waals surface area (Å²) >= 11 is 0. The molecule has 2 aromatic rings. The van der Waals surface area contributed by atoms with Crippen molar-refractivity contribution in [3.05, 3.63) is 23.7 Å². The highest BCUT2D eigenvalue weighted by Gasteiger charge is 2.22. The first kappa shape index (κ1) is 8.71. The minimum atomic E-state index is 0.494. The van der Waals surface area contributed by atoms with Crippen molar-refractivity contribution >= 4 is 5.65 Å². The Morgan fingerprint density at radius 1 is 1.47 bits per heavy atom. The van der Waals surface area contributed by atoms with E-state index in [4.69, 9.17) is 4.74 Å². The van der Waals surface area contributed by atoms with E-state index in [0.717, 1.165) is 24.4 Å². The van der Waals surface area contributed by atoms with Crippen molar-refractivity contribution in [1.29, 1.82) is 0 Å². The topological polar surface area (TPSA) is 39.4 Å². The lowest BCUT2D eigenvalue weighted by atomic mass is 9.98. The summed E-state index contributed by atoms with van der Waals surface area (Å²) in [4.78, 5) is 4.22. The van der Waals surface area contributed by atoms with Gasteiger partial charge in [0.15, 0.2) is 11.4 Å². The quantitative estimate of drug-likeness (QED) is 0.709. The van der Waals surface area contributed by atoms with E-state index in [2.05, 4.69) is 30.1 Å². The van der Waals surface area contributed by atoms with Crippen molar-refractivity contribution < 1.29 is 4.74 Å². The molecule has 0 aromatic carbocycles. The maximum absolute atomic E-state index is 5.64. The predicted octanol–water partition coefficient (Wildman–Crippen LogP) is 1.79. The average Bonchev–Trinajstić information content (AvgIpc) is 2.83. The summed E-state index contributed by atoms with van der Waals surface area (Å²) < 4.78 is 7.44. The first-order valence-corrected chi connectivity index (χ1v) is 5.25. The van der Waals surface area contributed by atoms with Crippen molar-refractivity contribution in [3.8, 4) is 5.75 Å². The first-order valence-electron chi connectivity index (χ1n) is 5.25. The Balaban J connectivity index is 2.37. The molecule has 0 saturated carbocycles. The Labute approximate surface area is 87.9 Å². The predicted molar refractivity (Wildman–Crippen MR) is 56.3 cm³/mol. The maximum atomic E-state index is 5.64. The van der Waals surface area contributed by atoms with Gasteiger partial charge in [-0.15, -0.1) is 0 Å². The fourth-order valence-electron chi connectivity index (χ4n) is 2.15. The smallest absolute Gasteiger partial charge is 0.198 e. The van der Waals surface area contributed by atoms with Gasteiger partial charge >= 0.3 is 0 Å². The molecule has 0 aliphatic carbocycles. The van der Waals surface area contributed by atoms with Gasteiger partial charge in [-0.1, -0.05) is 13.8 Å². The van der Waals surface area contributed by atoms with E-state index in [1.807, 2.05) is 0 Å². The van der Waals surface area contributed by atoms with Crippen LogP contribution in [0, 0.1) is 0 Å². The van der Waals surface area contributed by atoms with E-state index in [1.165, 1.54) is 11.1 Å². The first-order chi connectivity index (χ1) is 7.27. The highest BCUT2D eigenvalue weighted by Crippen LogP contribution is 2.34. The molecule has 0 N–H and O–H groups in total. The minimum absolute atomic E-state index is 0.494. The minimum Gasteiger partial charge on any atom is -0.489 e. The van der Waals surface area contributed by atoms with Crippen LogP contribution >= 0.6 is 0 Å². The molecule has 3 heterocycles. The molecular formula is C11H13N3O. The van der Waals surface area contributed by atoms with E-state index in [9.17, 15) is 0 Å². The zero-order valence-electron chi connectivity index (χ0n) is 8.90. The van der Waals surface area contributed by atoms with Crippen LogP contribution in [0.5, 0.6) is 5.75 Å². The molecule has 1 aliphatic rings. The molecule has 4 nitrogen and oxygen atoms in total. The van der Waals surface area contributed by atoms with Gasteiger partial charge in [0.1, 0.15) is 6.33 Å². The Kier molecular flexibility index (Phi) is 1.71. The van der Waals surface area contributed by atoms with E-state index >= 15 is 0 Å². The Bertz CT molecular complexity index is 516. The van der Waals surface area contributed by atoms with E-state index in [1.54, 1.807) is 10.8 Å². The van der Waals surface area contributed by atoms with Crippen molar-refractivity contribution in [2.75, 3.05) is 6.61 Å². The molecule has 0 radical (unpaired) electrons. The van der Waals surface area contributed by atoms with Crippen LogP contribution in [0.3, 0.4) is 0 Å². The van der Waals surface area contributed by atoms with Crippen LogP contribution in [0.4, 0.5) is 0 Å². The van der Waals surface area contributed by atoms with Crippen molar-refractivity contribution in [2.45, 2.75) is 26.2 Å². The molecule has 3 rings (SSSR count). The summed E-state index contributed by atoms with van der Waals surface area (Å²) in [7, 11) is 0. The summed E-state index contributed by atoms with van der Waals surface area (Å²) in [5.74, 6) is 1.42. The molecule has 0 atom stereocenters. The van der Waals surface area contributed by atoms with Crippen LogP contribution in [-0.2, 0) is 6.42 Å². The van der Waals surface area contributed by atoms with Gasteiger partial charge in [-0.2, -0.15) is 5.10 Å². The summed E-state index contributed by atoms with van der Waals surface area (Å²) in [6, 6.07) is 0. The molecule has 0 amide bonds. The van der Waals surface area contributed by atoms with Gasteiger partial charge in [0.05, 0.1) is 6.61 Å². The highest BCUT2D eigenvalue weighted by atomic mass is 16.5. The summed E-state index contributed by atoms with van der Waals surface area (Å²) in [6.45, 7) is 5.15. The molecule has 1 aliphatic heterocycles. The molecule has 0 saturated heterocycles. The molecule has 15 heavy (non-hydrogen) atoms. The number of fused-ring (bicyclic) bond motifs is 3. The summed E-state index contributed by atoms with van der Waals surface area (Å²) in [5.41, 5.74) is 3.47. The van der Waals surface area contributed by atoms with Crippen LogP contribution < -0.4 is 4.74 Å². The van der Waals surface area contributed by atoms with Crippen LogP contribution in [0.25, 0.3) is 5.65 Å². The van der Waals surface area contributed by atoms with E-state index in [0.29, 0.717) is 5.92 Å². The van der Waals surface area contributed by atoms with Gasteiger partial charge in [-0.25, -0.2) is 9.50 Å². The molecule has 0 bridgehead atoms. The number of ether oxygens (including phenoxy) is 1. The fourth-order valence-corrected chi connectivity index (χ4v) is 2.15. The third-order valence-electron chi connectivity index (χ3n) is 2.88. The number of nitrogens with zero attached hydrogens (tertiary/aromatic N) is 3. The van der Waals surface area contributed by atoms with Gasteiger partial charge < -0.3 is 4.74 Å². The lowest BCUT2D eigenvalue weighted by molar-refractivity contribution is 0.358. The van der Waals surface area contributed by atoms with Crippen molar-refractivity contribution in [2.24, 2.45) is 0 Å². The third kappa shape index (κ3) is 1.14. The number of hydrogen-bond acceptors (Lipinski definition) is 3. The average molecular weight is 203 g/mol. The zero-order valence-corrected chi connectivity index (χ0v) is 8.90. The largest absolute Gasteiger partial charge is 0.489 e. The van der Waals surface area contributed by atoms with Crippen LogP contribution in [-0.4, -0.2) is 21.2 Å². The number of rotatable bonds is 1. The molecule has 0 fully saturated rings. The maximum Gasteiger partial charge on any atom is 0.198 e. The number of pyridine rings is 1. The normalized spacial score (nSPS) is 14.6. The molecule has 2 aromatic heterocycles. The van der Waals surface area contributed by atoms with Crippen molar-refractivity contribution in [3.63, 3.8) is 0 Å². The Morgan fingerprint density at radius 3 is 3.13 bits per heavy atom. The van der Waals surface area contributed by atoms with Gasteiger partial charge in [0, 0.05) is 18.2 Å². The zero-order chi connectivity index (χ0) is 10.4. The Morgan fingerprint density at radius 2 is 2.33 bits per heavy atom. The van der Waals surface area contributed by atoms with Crippen LogP contribution in [0.15, 0.2) is 12.5 Å². The summed E-state index contributed by atoms with van der Waals surface area (Å²) in [6.07, 6.45) is 4.63. The standard InChI is InChI=1S/C11H13N3O/c1-7(2)9-5-14-11(12-6-13-14)10-8(9)3-4-15-10/h5-7H,3-4H2,1-2H3.